The number of aromatic nitrogens is 4. The minimum atomic E-state index is -0.684. The number of carbonyl (C=O) groups excluding carboxylic acids is 1. The lowest BCUT2D eigenvalue weighted by molar-refractivity contribution is -0.121. The molecular formula is C15H20FN5O2. The molecule has 0 aliphatic carbocycles. The molecule has 1 heterocycles. The summed E-state index contributed by atoms with van der Waals surface area (Å²) in [7, 11) is 0. The van der Waals surface area contributed by atoms with Crippen molar-refractivity contribution in [3.8, 4) is 0 Å². The number of nitrogens with zero attached hydrogens (tertiary/aromatic N) is 4. The highest BCUT2D eigenvalue weighted by molar-refractivity contribution is 5.78. The van der Waals surface area contributed by atoms with Crippen molar-refractivity contribution in [2.75, 3.05) is 6.61 Å². The molecule has 0 spiro atoms. The Hall–Kier alpha value is -2.35. The van der Waals surface area contributed by atoms with Crippen LogP contribution < -0.4 is 5.32 Å². The van der Waals surface area contributed by atoms with Gasteiger partial charge in [-0.3, -0.25) is 4.79 Å². The van der Waals surface area contributed by atoms with Gasteiger partial charge in [-0.1, -0.05) is 12.1 Å². The van der Waals surface area contributed by atoms with E-state index in [0.717, 1.165) is 0 Å². The average molecular weight is 321 g/mol. The van der Waals surface area contributed by atoms with E-state index in [4.69, 9.17) is 0 Å². The lowest BCUT2D eigenvalue weighted by Crippen LogP contribution is -2.32. The van der Waals surface area contributed by atoms with Crippen LogP contribution >= 0.6 is 0 Å². The number of rotatable bonds is 5. The van der Waals surface area contributed by atoms with E-state index >= 15 is 0 Å². The number of aliphatic hydroxyl groups is 1. The molecule has 0 fully saturated rings. The van der Waals surface area contributed by atoms with Gasteiger partial charge < -0.3 is 10.4 Å². The molecular weight excluding hydrogens is 301 g/mol. The molecule has 124 valence electrons. The summed E-state index contributed by atoms with van der Waals surface area (Å²) in [6.45, 7) is 5.43. The van der Waals surface area contributed by atoms with Gasteiger partial charge in [-0.15, -0.1) is 10.2 Å². The Balaban J connectivity index is 2.02. The van der Waals surface area contributed by atoms with E-state index in [1.165, 1.54) is 23.0 Å². The summed E-state index contributed by atoms with van der Waals surface area (Å²) in [5, 5.41) is 23.9. The van der Waals surface area contributed by atoms with Crippen LogP contribution in [0.4, 0.5) is 4.39 Å². The molecule has 0 radical (unpaired) electrons. The molecule has 0 aliphatic rings. The third-order valence-corrected chi connectivity index (χ3v) is 3.14. The van der Waals surface area contributed by atoms with Crippen LogP contribution in [0.3, 0.4) is 0 Å². The first-order chi connectivity index (χ1) is 10.8. The maximum atomic E-state index is 13.2. The van der Waals surface area contributed by atoms with E-state index < -0.39 is 11.9 Å². The molecule has 1 amide bonds. The quantitative estimate of drug-likeness (QED) is 0.855. The van der Waals surface area contributed by atoms with Crippen LogP contribution in [-0.4, -0.2) is 37.8 Å². The Labute approximate surface area is 133 Å². The van der Waals surface area contributed by atoms with Gasteiger partial charge in [-0.05, 0) is 43.7 Å². The zero-order valence-electron chi connectivity index (χ0n) is 13.3. The molecule has 0 saturated heterocycles. The lowest BCUT2D eigenvalue weighted by atomic mass is 10.1. The van der Waals surface area contributed by atoms with Crippen molar-refractivity contribution in [2.24, 2.45) is 0 Å². The zero-order valence-corrected chi connectivity index (χ0v) is 13.3. The second kappa shape index (κ2) is 6.82. The molecule has 8 heteroatoms. The monoisotopic (exact) mass is 321 g/mol. The smallest absolute Gasteiger partial charge is 0.228 e. The Bertz CT molecular complexity index is 681. The fourth-order valence-corrected chi connectivity index (χ4v) is 1.94. The van der Waals surface area contributed by atoms with Crippen LogP contribution in [0.1, 0.15) is 38.2 Å². The van der Waals surface area contributed by atoms with Crippen LogP contribution in [0.5, 0.6) is 0 Å². The summed E-state index contributed by atoms with van der Waals surface area (Å²) in [4.78, 5) is 13.5. The number of hydrogen-bond acceptors (Lipinski definition) is 5. The summed E-state index contributed by atoms with van der Waals surface area (Å²) in [6, 6.07) is 5.05. The minimum Gasteiger partial charge on any atom is -0.394 e. The Morgan fingerprint density at radius 1 is 1.43 bits per heavy atom. The molecule has 2 rings (SSSR count). The average Bonchev–Trinajstić information content (AvgIpc) is 2.93. The van der Waals surface area contributed by atoms with Crippen molar-refractivity contribution in [1.82, 2.24) is 25.5 Å². The Morgan fingerprint density at radius 2 is 2.17 bits per heavy atom. The van der Waals surface area contributed by atoms with Gasteiger partial charge in [-0.25, -0.2) is 4.39 Å². The number of benzene rings is 1. The second-order valence-corrected chi connectivity index (χ2v) is 6.20. The van der Waals surface area contributed by atoms with Gasteiger partial charge in [0.2, 0.25) is 5.91 Å². The van der Waals surface area contributed by atoms with E-state index in [0.29, 0.717) is 5.56 Å². The molecule has 7 nitrogen and oxygen atoms in total. The summed E-state index contributed by atoms with van der Waals surface area (Å²) >= 11 is 0. The maximum Gasteiger partial charge on any atom is 0.228 e. The highest BCUT2D eigenvalue weighted by Gasteiger charge is 2.20. The first-order valence-electron chi connectivity index (χ1n) is 7.24. The molecule has 1 aromatic heterocycles. The fourth-order valence-electron chi connectivity index (χ4n) is 1.94. The number of nitrogens with one attached hydrogen (secondary N) is 1. The van der Waals surface area contributed by atoms with Crippen molar-refractivity contribution in [3.63, 3.8) is 0 Å². The van der Waals surface area contributed by atoms with Gasteiger partial charge in [-0.2, -0.15) is 4.80 Å². The highest BCUT2D eigenvalue weighted by Crippen LogP contribution is 2.14. The molecule has 23 heavy (non-hydrogen) atoms. The van der Waals surface area contributed by atoms with Gasteiger partial charge in [0.25, 0.3) is 0 Å². The molecule has 0 aliphatic heterocycles. The van der Waals surface area contributed by atoms with Crippen LogP contribution in [0.15, 0.2) is 24.3 Å². The Morgan fingerprint density at radius 3 is 2.74 bits per heavy atom. The van der Waals surface area contributed by atoms with Gasteiger partial charge in [0, 0.05) is 0 Å². The molecule has 1 unspecified atom stereocenters. The molecule has 0 bridgehead atoms. The van der Waals surface area contributed by atoms with Gasteiger partial charge in [0.1, 0.15) is 5.82 Å². The van der Waals surface area contributed by atoms with Gasteiger partial charge >= 0.3 is 0 Å². The normalized spacial score (nSPS) is 12.9. The van der Waals surface area contributed by atoms with Crippen molar-refractivity contribution in [1.29, 1.82) is 0 Å². The van der Waals surface area contributed by atoms with Crippen LogP contribution in [0.2, 0.25) is 0 Å². The van der Waals surface area contributed by atoms with E-state index in [-0.39, 0.29) is 30.3 Å². The summed E-state index contributed by atoms with van der Waals surface area (Å²) in [5.74, 6) is -0.514. The van der Waals surface area contributed by atoms with Crippen LogP contribution in [0.25, 0.3) is 0 Å². The van der Waals surface area contributed by atoms with E-state index in [1.54, 1.807) is 6.07 Å². The summed E-state index contributed by atoms with van der Waals surface area (Å²) in [5.41, 5.74) is 0.170. The summed E-state index contributed by atoms with van der Waals surface area (Å²) < 4.78 is 13.2. The van der Waals surface area contributed by atoms with Crippen molar-refractivity contribution in [2.45, 2.75) is 38.8 Å². The predicted molar refractivity (Wildman–Crippen MR) is 80.9 cm³/mol. The molecule has 1 aromatic carbocycles. The molecule has 2 aromatic rings. The maximum absolute atomic E-state index is 13.2. The van der Waals surface area contributed by atoms with E-state index in [9.17, 15) is 14.3 Å². The number of halogens is 1. The molecule has 2 N–H and O–H groups in total. The van der Waals surface area contributed by atoms with Crippen LogP contribution in [0, 0.1) is 5.82 Å². The third-order valence-electron chi connectivity index (χ3n) is 3.14. The fraction of sp³-hybridized carbons (Fsp3) is 0.467. The SMILES string of the molecule is CC(C)(C)n1nnc(CC(=O)NC(CO)c2cccc(F)c2)n1. The lowest BCUT2D eigenvalue weighted by Gasteiger charge is -2.16. The number of amides is 1. The number of aliphatic hydroxyl groups excluding tert-OH is 1. The number of hydrogen-bond donors (Lipinski definition) is 2. The topological polar surface area (TPSA) is 92.9 Å². The standard InChI is InChI=1S/C15H20FN5O2/c1-15(2,3)21-19-13(18-20-21)8-14(23)17-12(9-22)10-5-4-6-11(16)7-10/h4-7,12,22H,8-9H2,1-3H3,(H,17,23). The zero-order chi connectivity index (χ0) is 17.0. The third kappa shape index (κ3) is 4.56. The van der Waals surface area contributed by atoms with Crippen molar-refractivity contribution in [3.05, 3.63) is 41.5 Å². The predicted octanol–water partition coefficient (Wildman–Crippen LogP) is 0.959. The van der Waals surface area contributed by atoms with E-state index in [1.807, 2.05) is 20.8 Å². The van der Waals surface area contributed by atoms with Gasteiger partial charge in [0.05, 0.1) is 24.6 Å². The Kier molecular flexibility index (Phi) is 5.05. The number of carbonyl (C=O) groups is 1. The van der Waals surface area contributed by atoms with E-state index in [2.05, 4.69) is 20.7 Å². The number of tetrazole rings is 1. The van der Waals surface area contributed by atoms with Crippen molar-refractivity contribution >= 4 is 5.91 Å². The highest BCUT2D eigenvalue weighted by atomic mass is 19.1. The largest absolute Gasteiger partial charge is 0.394 e. The summed E-state index contributed by atoms with van der Waals surface area (Å²) in [6.07, 6.45) is -0.0676. The minimum absolute atomic E-state index is 0.0676. The first kappa shape index (κ1) is 17.0. The molecule has 1 atom stereocenters. The first-order valence-corrected chi connectivity index (χ1v) is 7.24. The molecule has 0 saturated carbocycles. The van der Waals surface area contributed by atoms with Crippen molar-refractivity contribution < 1.29 is 14.3 Å². The second-order valence-electron chi connectivity index (χ2n) is 6.20. The van der Waals surface area contributed by atoms with Gasteiger partial charge in [0.15, 0.2) is 5.82 Å². The van der Waals surface area contributed by atoms with Crippen LogP contribution in [-0.2, 0) is 16.8 Å².